The summed E-state index contributed by atoms with van der Waals surface area (Å²) in [5, 5.41) is 13.3. The normalized spacial score (nSPS) is 10.5. The van der Waals surface area contributed by atoms with Crippen LogP contribution in [0.2, 0.25) is 0 Å². The van der Waals surface area contributed by atoms with Crippen LogP contribution in [0.25, 0.3) is 10.8 Å². The number of rotatable bonds is 6. The minimum atomic E-state index is 0.163. The van der Waals surface area contributed by atoms with Crippen molar-refractivity contribution in [1.29, 1.82) is 0 Å². The number of amides is 1. The maximum absolute atomic E-state index is 11.9. The Morgan fingerprint density at radius 2 is 2.00 bits per heavy atom. The molecule has 0 spiro atoms. The fraction of sp³-hybridized carbons (Fsp3) is 0.400. The second-order valence-corrected chi connectivity index (χ2v) is 4.52. The molecule has 0 atom stereocenters. The summed E-state index contributed by atoms with van der Waals surface area (Å²) in [5.41, 5.74) is 0. The molecule has 20 heavy (non-hydrogen) atoms. The molecule has 5 nitrogen and oxygen atoms in total. The number of hydrogen-bond acceptors (Lipinski definition) is 4. The molecule has 1 aromatic carbocycles. The summed E-state index contributed by atoms with van der Waals surface area (Å²) in [4.78, 5) is 13.7. The Bertz CT molecular complexity index is 576. The monoisotopic (exact) mass is 272 g/mol. The molecule has 2 rings (SSSR count). The van der Waals surface area contributed by atoms with E-state index in [4.69, 9.17) is 0 Å². The van der Waals surface area contributed by atoms with Gasteiger partial charge >= 0.3 is 0 Å². The van der Waals surface area contributed by atoms with E-state index in [-0.39, 0.29) is 5.91 Å². The predicted molar refractivity (Wildman–Crippen MR) is 80.6 cm³/mol. The summed E-state index contributed by atoms with van der Waals surface area (Å²) >= 11 is 0. The van der Waals surface area contributed by atoms with Crippen LogP contribution in [-0.2, 0) is 4.79 Å². The highest BCUT2D eigenvalue weighted by atomic mass is 16.2. The summed E-state index contributed by atoms with van der Waals surface area (Å²) in [6.45, 7) is 6.06. The molecule has 2 aromatic rings. The highest BCUT2D eigenvalue weighted by Gasteiger charge is 2.09. The number of carbonyl (C=O) groups excluding carboxylic acids is 1. The minimum absolute atomic E-state index is 0.163. The molecule has 0 saturated heterocycles. The second-order valence-electron chi connectivity index (χ2n) is 4.52. The molecule has 0 fully saturated rings. The van der Waals surface area contributed by atoms with E-state index in [0.717, 1.165) is 29.7 Å². The van der Waals surface area contributed by atoms with Gasteiger partial charge in [0, 0.05) is 36.8 Å². The van der Waals surface area contributed by atoms with Crippen LogP contribution in [0, 0.1) is 0 Å². The fourth-order valence-electron chi connectivity index (χ4n) is 2.18. The molecule has 106 valence electrons. The van der Waals surface area contributed by atoms with Crippen molar-refractivity contribution in [3.8, 4) is 0 Å². The van der Waals surface area contributed by atoms with Gasteiger partial charge in [-0.05, 0) is 13.8 Å². The smallest absolute Gasteiger partial charge is 0.224 e. The van der Waals surface area contributed by atoms with Crippen LogP contribution in [0.4, 0.5) is 5.82 Å². The van der Waals surface area contributed by atoms with Gasteiger partial charge in [0.15, 0.2) is 5.82 Å². The van der Waals surface area contributed by atoms with Crippen LogP contribution in [0.1, 0.15) is 20.3 Å². The van der Waals surface area contributed by atoms with E-state index in [1.807, 2.05) is 43.0 Å². The number of nitrogens with one attached hydrogen (secondary N) is 1. The molecular weight excluding hydrogens is 252 g/mol. The van der Waals surface area contributed by atoms with Crippen molar-refractivity contribution in [2.45, 2.75) is 20.3 Å². The average Bonchev–Trinajstić information content (AvgIpc) is 2.49. The maximum atomic E-state index is 11.9. The lowest BCUT2D eigenvalue weighted by Crippen LogP contribution is -2.31. The third kappa shape index (κ3) is 3.23. The third-order valence-corrected chi connectivity index (χ3v) is 3.32. The Morgan fingerprint density at radius 1 is 1.25 bits per heavy atom. The molecule has 0 bridgehead atoms. The first-order valence-corrected chi connectivity index (χ1v) is 6.98. The van der Waals surface area contributed by atoms with Crippen molar-refractivity contribution in [3.05, 3.63) is 30.5 Å². The summed E-state index contributed by atoms with van der Waals surface area (Å²) in [5.74, 6) is 0.895. The first-order chi connectivity index (χ1) is 9.76. The van der Waals surface area contributed by atoms with Gasteiger partial charge in [0.05, 0.1) is 6.20 Å². The largest absolute Gasteiger partial charge is 0.368 e. The van der Waals surface area contributed by atoms with E-state index >= 15 is 0 Å². The lowest BCUT2D eigenvalue weighted by atomic mass is 10.2. The van der Waals surface area contributed by atoms with E-state index in [0.29, 0.717) is 13.0 Å². The molecule has 5 heteroatoms. The Labute approximate surface area is 119 Å². The molecule has 1 amide bonds. The molecular formula is C15H20N4O. The van der Waals surface area contributed by atoms with Crippen molar-refractivity contribution in [2.24, 2.45) is 0 Å². The Balaban J connectivity index is 1.98. The third-order valence-electron chi connectivity index (χ3n) is 3.32. The zero-order valence-corrected chi connectivity index (χ0v) is 12.0. The van der Waals surface area contributed by atoms with Crippen molar-refractivity contribution < 1.29 is 4.79 Å². The van der Waals surface area contributed by atoms with Gasteiger partial charge in [-0.25, -0.2) is 0 Å². The highest BCUT2D eigenvalue weighted by molar-refractivity contribution is 5.91. The van der Waals surface area contributed by atoms with Crippen molar-refractivity contribution in [3.63, 3.8) is 0 Å². The van der Waals surface area contributed by atoms with Gasteiger partial charge in [-0.15, -0.1) is 5.10 Å². The molecule has 0 radical (unpaired) electrons. The van der Waals surface area contributed by atoms with Crippen LogP contribution >= 0.6 is 0 Å². The Kier molecular flexibility index (Phi) is 4.87. The average molecular weight is 272 g/mol. The molecule has 0 unspecified atom stereocenters. The van der Waals surface area contributed by atoms with Crippen LogP contribution in [-0.4, -0.2) is 40.6 Å². The van der Waals surface area contributed by atoms with Crippen LogP contribution in [0.3, 0.4) is 0 Å². The Hall–Kier alpha value is -2.17. The van der Waals surface area contributed by atoms with Crippen molar-refractivity contribution >= 4 is 22.5 Å². The van der Waals surface area contributed by atoms with E-state index in [2.05, 4.69) is 15.5 Å². The molecule has 1 heterocycles. The second kappa shape index (κ2) is 6.84. The zero-order valence-electron chi connectivity index (χ0n) is 12.0. The van der Waals surface area contributed by atoms with E-state index in [1.54, 1.807) is 6.20 Å². The van der Waals surface area contributed by atoms with Crippen LogP contribution < -0.4 is 5.32 Å². The van der Waals surface area contributed by atoms with E-state index in [9.17, 15) is 4.79 Å². The van der Waals surface area contributed by atoms with Gasteiger partial charge in [0.25, 0.3) is 0 Å². The summed E-state index contributed by atoms with van der Waals surface area (Å²) in [7, 11) is 0. The van der Waals surface area contributed by atoms with Crippen molar-refractivity contribution in [2.75, 3.05) is 25.0 Å². The molecule has 0 saturated carbocycles. The molecule has 1 N–H and O–H groups in total. The summed E-state index contributed by atoms with van der Waals surface area (Å²) in [6.07, 6.45) is 2.20. The zero-order chi connectivity index (χ0) is 14.4. The number of anilines is 1. The minimum Gasteiger partial charge on any atom is -0.368 e. The van der Waals surface area contributed by atoms with Gasteiger partial charge in [-0.3, -0.25) is 4.79 Å². The topological polar surface area (TPSA) is 58.1 Å². The Morgan fingerprint density at radius 3 is 2.75 bits per heavy atom. The lowest BCUT2D eigenvalue weighted by Gasteiger charge is -2.18. The van der Waals surface area contributed by atoms with E-state index < -0.39 is 0 Å². The van der Waals surface area contributed by atoms with Gasteiger partial charge in [-0.2, -0.15) is 5.10 Å². The molecule has 1 aromatic heterocycles. The van der Waals surface area contributed by atoms with E-state index in [1.165, 1.54) is 0 Å². The molecule has 0 aliphatic carbocycles. The number of carbonyl (C=O) groups is 1. The van der Waals surface area contributed by atoms with Gasteiger partial charge in [-0.1, -0.05) is 24.3 Å². The summed E-state index contributed by atoms with van der Waals surface area (Å²) < 4.78 is 0. The first kappa shape index (κ1) is 14.2. The van der Waals surface area contributed by atoms with Gasteiger partial charge in [0.2, 0.25) is 5.91 Å². The predicted octanol–water partition coefficient (Wildman–Crippen LogP) is 2.30. The fourth-order valence-corrected chi connectivity index (χ4v) is 2.18. The lowest BCUT2D eigenvalue weighted by molar-refractivity contribution is -0.130. The van der Waals surface area contributed by atoms with Crippen LogP contribution in [0.15, 0.2) is 30.5 Å². The number of aromatic nitrogens is 2. The molecule has 0 aliphatic heterocycles. The van der Waals surface area contributed by atoms with Gasteiger partial charge in [0.1, 0.15) is 0 Å². The summed E-state index contributed by atoms with van der Waals surface area (Å²) in [6, 6.07) is 7.93. The quantitative estimate of drug-likeness (QED) is 0.876. The SMILES string of the molecule is CCN(CC)C(=O)CCNc1nncc2ccccc12. The number of hydrogen-bond donors (Lipinski definition) is 1. The first-order valence-electron chi connectivity index (χ1n) is 6.98. The highest BCUT2D eigenvalue weighted by Crippen LogP contribution is 2.18. The van der Waals surface area contributed by atoms with Crippen LogP contribution in [0.5, 0.6) is 0 Å². The number of fused-ring (bicyclic) bond motifs is 1. The maximum Gasteiger partial charge on any atom is 0.224 e. The number of nitrogens with zero attached hydrogens (tertiary/aromatic N) is 3. The van der Waals surface area contributed by atoms with Crippen molar-refractivity contribution in [1.82, 2.24) is 15.1 Å². The molecule has 0 aliphatic rings. The number of benzene rings is 1. The van der Waals surface area contributed by atoms with Gasteiger partial charge < -0.3 is 10.2 Å². The standard InChI is InChI=1S/C15H20N4O/c1-3-19(4-2)14(20)9-10-16-15-13-8-6-5-7-12(13)11-17-18-15/h5-8,11H,3-4,9-10H2,1-2H3,(H,16,18).